The van der Waals surface area contributed by atoms with Gasteiger partial charge in [0.05, 0.1) is 37.4 Å². The fraction of sp³-hybridized carbons (Fsp3) is 0.773. The minimum Gasteiger partial charge on any atom is -0.394 e. The van der Waals surface area contributed by atoms with Gasteiger partial charge >= 0.3 is 0 Å². The van der Waals surface area contributed by atoms with Crippen molar-refractivity contribution in [1.29, 1.82) is 0 Å². The van der Waals surface area contributed by atoms with Crippen molar-refractivity contribution in [2.45, 2.75) is 75.3 Å². The van der Waals surface area contributed by atoms with Crippen LogP contribution in [-0.4, -0.2) is 115 Å². The summed E-state index contributed by atoms with van der Waals surface area (Å²) in [7, 11) is 1.54. The smallest absolute Gasteiger partial charge is 0.245 e. The molecule has 37 heavy (non-hydrogen) atoms. The lowest BCUT2D eigenvalue weighted by atomic mass is 10.1. The first kappa shape index (κ1) is 32.2. The van der Waals surface area contributed by atoms with Crippen LogP contribution in [0.5, 0.6) is 0 Å². The van der Waals surface area contributed by atoms with Gasteiger partial charge in [-0.25, -0.2) is 0 Å². The lowest BCUT2D eigenvalue weighted by Crippen LogP contribution is -2.60. The average molecular weight is 532 g/mol. The van der Waals surface area contributed by atoms with Gasteiger partial charge in [-0.1, -0.05) is 0 Å². The van der Waals surface area contributed by atoms with Crippen molar-refractivity contribution in [2.75, 3.05) is 33.4 Å². The average Bonchev–Trinajstić information content (AvgIpc) is 2.85. The summed E-state index contributed by atoms with van der Waals surface area (Å²) in [5.41, 5.74) is 5.18. The van der Waals surface area contributed by atoms with Crippen LogP contribution in [0, 0.1) is 0 Å². The summed E-state index contributed by atoms with van der Waals surface area (Å²) in [4.78, 5) is 61.8. The maximum Gasteiger partial charge on any atom is 0.245 e. The van der Waals surface area contributed by atoms with Crippen LogP contribution in [-0.2, 0) is 24.0 Å². The molecule has 0 saturated carbocycles. The maximum absolute atomic E-state index is 12.8. The fourth-order valence-electron chi connectivity index (χ4n) is 3.67. The highest BCUT2D eigenvalue weighted by atomic mass is 16.3. The third-order valence-electron chi connectivity index (χ3n) is 5.97. The molecule has 1 saturated heterocycles. The zero-order valence-electron chi connectivity index (χ0n) is 21.3. The van der Waals surface area contributed by atoms with Crippen LogP contribution in [0.25, 0.3) is 0 Å². The number of primary amides is 1. The molecule has 0 radical (unpaired) electrons. The van der Waals surface area contributed by atoms with Crippen molar-refractivity contribution >= 4 is 29.5 Å². The van der Waals surface area contributed by atoms with Crippen LogP contribution in [0.4, 0.5) is 0 Å². The highest BCUT2D eigenvalue weighted by Gasteiger charge is 2.31. The van der Waals surface area contributed by atoms with Gasteiger partial charge in [-0.05, 0) is 39.7 Å². The van der Waals surface area contributed by atoms with Crippen molar-refractivity contribution in [2.24, 2.45) is 5.73 Å². The summed E-state index contributed by atoms with van der Waals surface area (Å²) in [6.07, 6.45) is 0.221. The van der Waals surface area contributed by atoms with Crippen molar-refractivity contribution in [3.05, 3.63) is 0 Å². The van der Waals surface area contributed by atoms with Crippen LogP contribution in [0.2, 0.25) is 0 Å². The first-order valence-electron chi connectivity index (χ1n) is 12.3. The topological polar surface area (TPSA) is 244 Å². The zero-order valence-corrected chi connectivity index (χ0v) is 21.3. The number of aliphatic hydroxyl groups is 3. The molecule has 212 valence electrons. The van der Waals surface area contributed by atoms with E-state index in [9.17, 15) is 39.3 Å². The molecule has 0 aromatic rings. The number of likely N-dealkylation sites (N-methyl/N-ethyl adjacent to an activating group) is 1. The summed E-state index contributed by atoms with van der Waals surface area (Å²) in [6, 6.07) is -5.17. The predicted octanol–water partition coefficient (Wildman–Crippen LogP) is -5.08. The molecule has 1 aliphatic heterocycles. The Kier molecular flexibility index (Phi) is 14.6. The maximum atomic E-state index is 12.8. The van der Waals surface area contributed by atoms with E-state index in [0.29, 0.717) is 19.4 Å². The van der Waals surface area contributed by atoms with Gasteiger partial charge in [0.2, 0.25) is 29.5 Å². The molecule has 11 N–H and O–H groups in total. The van der Waals surface area contributed by atoms with E-state index < -0.39 is 73.2 Å². The molecule has 0 aromatic carbocycles. The summed E-state index contributed by atoms with van der Waals surface area (Å²) < 4.78 is 0. The summed E-state index contributed by atoms with van der Waals surface area (Å²) in [6.45, 7) is 0.386. The van der Waals surface area contributed by atoms with E-state index in [1.165, 1.54) is 14.0 Å². The minimum absolute atomic E-state index is 0.0410. The number of hydrogen-bond acceptors (Lipinski definition) is 10. The summed E-state index contributed by atoms with van der Waals surface area (Å²) >= 11 is 0. The first-order valence-corrected chi connectivity index (χ1v) is 12.3. The molecule has 1 fully saturated rings. The second-order valence-corrected chi connectivity index (χ2v) is 8.95. The van der Waals surface area contributed by atoms with Gasteiger partial charge in [-0.3, -0.25) is 24.0 Å². The Labute approximate surface area is 215 Å². The molecule has 15 heteroatoms. The standard InChI is InChI=1S/C22H41N7O8/c1-12(32)18-22(37)27-13(10-30)9-26-15(21(36)28-16(11-31)19(23)34)5-3-4-8-25-17(33)7-6-14(24-2)20(35)29-18/h12-16,18,24,26,30-32H,3-11H2,1-2H3,(H2,23,34)(H,25,33)(H,27,37)(H,28,36)(H,29,35). The normalized spacial score (nSPS) is 26.9. The number of rotatable bonds is 7. The number of nitrogens with two attached hydrogens (primary N) is 1. The molecule has 6 unspecified atom stereocenters. The van der Waals surface area contributed by atoms with Crippen molar-refractivity contribution in [3.63, 3.8) is 0 Å². The summed E-state index contributed by atoms with van der Waals surface area (Å²) in [5.74, 6) is -3.14. The van der Waals surface area contributed by atoms with Gasteiger partial charge < -0.3 is 53.0 Å². The Hall–Kier alpha value is -2.85. The van der Waals surface area contributed by atoms with E-state index in [1.54, 1.807) is 0 Å². The van der Waals surface area contributed by atoms with Gasteiger partial charge in [-0.2, -0.15) is 0 Å². The molecule has 0 aromatic heterocycles. The third kappa shape index (κ3) is 11.4. The molecular weight excluding hydrogens is 490 g/mol. The molecular formula is C22H41N7O8. The van der Waals surface area contributed by atoms with E-state index in [1.807, 2.05) is 0 Å². The van der Waals surface area contributed by atoms with Crippen LogP contribution in [0.3, 0.4) is 0 Å². The Bertz CT molecular complexity index is 782. The minimum atomic E-state index is -1.34. The van der Waals surface area contributed by atoms with Crippen molar-refractivity contribution in [3.8, 4) is 0 Å². The van der Waals surface area contributed by atoms with Gasteiger partial charge in [0.1, 0.15) is 12.1 Å². The molecule has 1 heterocycles. The second kappa shape index (κ2) is 16.8. The third-order valence-corrected chi connectivity index (χ3v) is 5.97. The predicted molar refractivity (Wildman–Crippen MR) is 132 cm³/mol. The van der Waals surface area contributed by atoms with E-state index in [4.69, 9.17) is 5.73 Å². The number of carbonyl (C=O) groups excluding carboxylic acids is 5. The molecule has 1 rings (SSSR count). The van der Waals surface area contributed by atoms with E-state index in [2.05, 4.69) is 31.9 Å². The van der Waals surface area contributed by atoms with Crippen LogP contribution >= 0.6 is 0 Å². The quantitative estimate of drug-likeness (QED) is 0.150. The molecule has 6 atom stereocenters. The second-order valence-electron chi connectivity index (χ2n) is 8.95. The lowest BCUT2D eigenvalue weighted by Gasteiger charge is -2.27. The van der Waals surface area contributed by atoms with Crippen molar-refractivity contribution < 1.29 is 39.3 Å². The highest BCUT2D eigenvalue weighted by Crippen LogP contribution is 2.05. The van der Waals surface area contributed by atoms with Gasteiger partial charge in [0, 0.05) is 19.5 Å². The Balaban J connectivity index is 3.07. The van der Waals surface area contributed by atoms with Crippen LogP contribution < -0.4 is 37.6 Å². The number of nitrogens with one attached hydrogen (secondary N) is 6. The van der Waals surface area contributed by atoms with Crippen LogP contribution in [0.1, 0.15) is 39.0 Å². The molecule has 0 bridgehead atoms. The Morgan fingerprint density at radius 1 is 1.11 bits per heavy atom. The lowest BCUT2D eigenvalue weighted by molar-refractivity contribution is -0.133. The largest absolute Gasteiger partial charge is 0.394 e. The van der Waals surface area contributed by atoms with Crippen molar-refractivity contribution in [1.82, 2.24) is 31.9 Å². The number of hydrogen-bond donors (Lipinski definition) is 10. The number of aliphatic hydroxyl groups excluding tert-OH is 3. The van der Waals surface area contributed by atoms with Gasteiger partial charge in [0.25, 0.3) is 0 Å². The molecule has 1 aliphatic rings. The highest BCUT2D eigenvalue weighted by molar-refractivity contribution is 5.91. The SMILES string of the molecule is CNC1CCC(=O)NCCCCC(C(=O)NC(CO)C(N)=O)NCC(CO)NC(=O)C(C(C)O)NC1=O. The fourth-order valence-corrected chi connectivity index (χ4v) is 3.67. The molecule has 0 aliphatic carbocycles. The Morgan fingerprint density at radius 3 is 2.38 bits per heavy atom. The summed E-state index contributed by atoms with van der Waals surface area (Å²) in [5, 5.41) is 45.0. The monoisotopic (exact) mass is 531 g/mol. The first-order chi connectivity index (χ1) is 17.5. The van der Waals surface area contributed by atoms with Gasteiger partial charge in [-0.15, -0.1) is 0 Å². The Morgan fingerprint density at radius 2 is 1.81 bits per heavy atom. The van der Waals surface area contributed by atoms with Gasteiger partial charge in [0.15, 0.2) is 0 Å². The molecule has 0 spiro atoms. The van der Waals surface area contributed by atoms with Crippen LogP contribution in [0.15, 0.2) is 0 Å². The molecule has 5 amide bonds. The van der Waals surface area contributed by atoms with E-state index >= 15 is 0 Å². The molecule has 15 nitrogen and oxygen atoms in total. The zero-order chi connectivity index (χ0) is 28.0. The number of amides is 5. The number of carbonyl (C=O) groups is 5. The van der Waals surface area contributed by atoms with E-state index in [-0.39, 0.29) is 31.7 Å². The van der Waals surface area contributed by atoms with E-state index in [0.717, 1.165) is 0 Å².